The van der Waals surface area contributed by atoms with Crippen LogP contribution in [0.2, 0.25) is 0 Å². The summed E-state index contributed by atoms with van der Waals surface area (Å²) < 4.78 is 0. The van der Waals surface area contributed by atoms with Crippen LogP contribution < -0.4 is 5.32 Å². The zero-order chi connectivity index (χ0) is 12.8. The van der Waals surface area contributed by atoms with Crippen molar-refractivity contribution in [3.8, 4) is 0 Å². The second-order valence-electron chi connectivity index (χ2n) is 5.44. The van der Waals surface area contributed by atoms with Crippen LogP contribution in [0.15, 0.2) is 0 Å². The first-order chi connectivity index (χ1) is 7.23. The normalized spacial score (nSPS) is 15.2. The minimum Gasteiger partial charge on any atom is -0.387 e. The Labute approximate surface area is 99.0 Å². The van der Waals surface area contributed by atoms with E-state index in [1.54, 1.807) is 6.92 Å². The van der Waals surface area contributed by atoms with Crippen LogP contribution >= 0.6 is 0 Å². The average Bonchev–Trinajstić information content (AvgIpc) is 2.09. The maximum absolute atomic E-state index is 11.4. The smallest absolute Gasteiger partial charge is 0.220 e. The van der Waals surface area contributed by atoms with Crippen molar-refractivity contribution in [2.45, 2.75) is 39.2 Å². The van der Waals surface area contributed by atoms with Gasteiger partial charge in [-0.2, -0.15) is 0 Å². The Bertz CT molecular complexity index is 213. The van der Waals surface area contributed by atoms with Gasteiger partial charge in [-0.25, -0.2) is 0 Å². The van der Waals surface area contributed by atoms with Gasteiger partial charge in [-0.3, -0.25) is 4.79 Å². The summed E-state index contributed by atoms with van der Waals surface area (Å²) in [5.74, 6) is 0.556. The number of hydrogen-bond donors (Lipinski definition) is 2. The SMILES string of the molecule is CC(C)CCC(=O)NCC(C)(O)CN(C)C. The molecule has 0 aromatic heterocycles. The molecular weight excluding hydrogens is 204 g/mol. The van der Waals surface area contributed by atoms with Gasteiger partial charge in [-0.1, -0.05) is 13.8 Å². The fourth-order valence-electron chi connectivity index (χ4n) is 1.53. The number of aliphatic hydroxyl groups is 1. The predicted octanol–water partition coefficient (Wildman–Crippen LogP) is 0.851. The Balaban J connectivity index is 3.81. The summed E-state index contributed by atoms with van der Waals surface area (Å²) in [4.78, 5) is 13.3. The van der Waals surface area contributed by atoms with Crippen molar-refractivity contribution in [3.63, 3.8) is 0 Å². The Kier molecular flexibility index (Phi) is 6.60. The van der Waals surface area contributed by atoms with Crippen molar-refractivity contribution < 1.29 is 9.90 Å². The van der Waals surface area contributed by atoms with E-state index in [2.05, 4.69) is 19.2 Å². The lowest BCUT2D eigenvalue weighted by molar-refractivity contribution is -0.122. The Morgan fingerprint density at radius 2 is 2.00 bits per heavy atom. The maximum Gasteiger partial charge on any atom is 0.220 e. The van der Waals surface area contributed by atoms with E-state index in [0.717, 1.165) is 6.42 Å². The highest BCUT2D eigenvalue weighted by Gasteiger charge is 2.21. The van der Waals surface area contributed by atoms with Crippen LogP contribution in [-0.2, 0) is 4.79 Å². The molecule has 0 saturated carbocycles. The third-order valence-corrected chi connectivity index (χ3v) is 2.27. The molecule has 1 amide bonds. The molecule has 0 bridgehead atoms. The number of amides is 1. The van der Waals surface area contributed by atoms with Gasteiger partial charge < -0.3 is 15.3 Å². The number of hydrogen-bond acceptors (Lipinski definition) is 3. The van der Waals surface area contributed by atoms with E-state index in [9.17, 15) is 9.90 Å². The molecule has 0 heterocycles. The third kappa shape index (κ3) is 8.68. The molecule has 96 valence electrons. The lowest BCUT2D eigenvalue weighted by atomic mass is 10.1. The molecule has 0 radical (unpaired) electrons. The Hall–Kier alpha value is -0.610. The van der Waals surface area contributed by atoms with Crippen molar-refractivity contribution >= 4 is 5.91 Å². The third-order valence-electron chi connectivity index (χ3n) is 2.27. The van der Waals surface area contributed by atoms with Crippen molar-refractivity contribution in [1.82, 2.24) is 10.2 Å². The highest BCUT2D eigenvalue weighted by Crippen LogP contribution is 2.05. The lowest BCUT2D eigenvalue weighted by Crippen LogP contribution is -2.47. The van der Waals surface area contributed by atoms with Gasteiger partial charge >= 0.3 is 0 Å². The maximum atomic E-state index is 11.4. The summed E-state index contributed by atoms with van der Waals surface area (Å²) >= 11 is 0. The van der Waals surface area contributed by atoms with Gasteiger partial charge in [0.1, 0.15) is 0 Å². The average molecular weight is 230 g/mol. The van der Waals surface area contributed by atoms with Crippen molar-refractivity contribution in [2.75, 3.05) is 27.2 Å². The molecule has 1 atom stereocenters. The number of nitrogens with zero attached hydrogens (tertiary/aromatic N) is 1. The summed E-state index contributed by atoms with van der Waals surface area (Å²) in [5, 5.41) is 12.7. The van der Waals surface area contributed by atoms with Crippen LogP contribution in [0.1, 0.15) is 33.6 Å². The van der Waals surface area contributed by atoms with E-state index in [-0.39, 0.29) is 5.91 Å². The van der Waals surface area contributed by atoms with E-state index in [1.165, 1.54) is 0 Å². The molecule has 0 aromatic rings. The predicted molar refractivity (Wildman–Crippen MR) is 66.3 cm³/mol. The van der Waals surface area contributed by atoms with Gasteiger partial charge in [0.25, 0.3) is 0 Å². The summed E-state index contributed by atoms with van der Waals surface area (Å²) in [6, 6.07) is 0. The molecule has 0 aliphatic carbocycles. The van der Waals surface area contributed by atoms with Gasteiger partial charge in [0.05, 0.1) is 5.60 Å². The molecular formula is C12H26N2O2. The zero-order valence-corrected chi connectivity index (χ0v) is 11.2. The molecule has 2 N–H and O–H groups in total. The van der Waals surface area contributed by atoms with Crippen LogP contribution in [0.25, 0.3) is 0 Å². The summed E-state index contributed by atoms with van der Waals surface area (Å²) in [6.45, 7) is 6.76. The molecule has 0 fully saturated rings. The molecule has 0 aliphatic heterocycles. The number of rotatable bonds is 7. The molecule has 0 saturated heterocycles. The van der Waals surface area contributed by atoms with Crippen LogP contribution in [-0.4, -0.2) is 48.7 Å². The van der Waals surface area contributed by atoms with Crippen LogP contribution in [0.5, 0.6) is 0 Å². The zero-order valence-electron chi connectivity index (χ0n) is 11.2. The fourth-order valence-corrected chi connectivity index (χ4v) is 1.53. The van der Waals surface area contributed by atoms with E-state index in [4.69, 9.17) is 0 Å². The van der Waals surface area contributed by atoms with E-state index in [0.29, 0.717) is 25.4 Å². The van der Waals surface area contributed by atoms with E-state index < -0.39 is 5.60 Å². The summed E-state index contributed by atoms with van der Waals surface area (Å²) in [5.41, 5.74) is -0.864. The first kappa shape index (κ1) is 15.4. The molecule has 0 spiro atoms. The standard InChI is InChI=1S/C12H26N2O2/c1-10(2)6-7-11(15)13-8-12(3,16)9-14(4)5/h10,16H,6-9H2,1-5H3,(H,13,15). The first-order valence-corrected chi connectivity index (χ1v) is 5.87. The van der Waals surface area contributed by atoms with Gasteiger partial charge in [-0.15, -0.1) is 0 Å². The fraction of sp³-hybridized carbons (Fsp3) is 0.917. The van der Waals surface area contributed by atoms with Crippen molar-refractivity contribution in [1.29, 1.82) is 0 Å². The van der Waals surface area contributed by atoms with Crippen molar-refractivity contribution in [2.24, 2.45) is 5.92 Å². The van der Waals surface area contributed by atoms with Crippen LogP contribution in [0.4, 0.5) is 0 Å². The topological polar surface area (TPSA) is 52.6 Å². The van der Waals surface area contributed by atoms with Gasteiger partial charge in [0.15, 0.2) is 0 Å². The van der Waals surface area contributed by atoms with E-state index >= 15 is 0 Å². The molecule has 16 heavy (non-hydrogen) atoms. The van der Waals surface area contributed by atoms with Gasteiger partial charge in [-0.05, 0) is 33.4 Å². The molecule has 0 rings (SSSR count). The molecule has 4 heteroatoms. The summed E-state index contributed by atoms with van der Waals surface area (Å²) in [6.07, 6.45) is 1.43. The molecule has 4 nitrogen and oxygen atoms in total. The molecule has 0 aliphatic rings. The summed E-state index contributed by atoms with van der Waals surface area (Å²) in [7, 11) is 3.80. The first-order valence-electron chi connectivity index (χ1n) is 5.87. The second kappa shape index (κ2) is 6.86. The van der Waals surface area contributed by atoms with Gasteiger partial charge in [0.2, 0.25) is 5.91 Å². The minimum atomic E-state index is -0.864. The van der Waals surface area contributed by atoms with E-state index in [1.807, 2.05) is 19.0 Å². The Morgan fingerprint density at radius 3 is 2.44 bits per heavy atom. The molecule has 0 aromatic carbocycles. The highest BCUT2D eigenvalue weighted by molar-refractivity contribution is 5.75. The van der Waals surface area contributed by atoms with Crippen molar-refractivity contribution in [3.05, 3.63) is 0 Å². The van der Waals surface area contributed by atoms with Gasteiger partial charge in [0, 0.05) is 19.5 Å². The monoisotopic (exact) mass is 230 g/mol. The lowest BCUT2D eigenvalue weighted by Gasteiger charge is -2.27. The number of nitrogens with one attached hydrogen (secondary N) is 1. The number of carbonyl (C=O) groups excluding carboxylic acids is 1. The Morgan fingerprint density at radius 1 is 1.44 bits per heavy atom. The second-order valence-corrected chi connectivity index (χ2v) is 5.44. The molecule has 1 unspecified atom stereocenters. The number of carbonyl (C=O) groups is 1. The minimum absolute atomic E-state index is 0.0210. The largest absolute Gasteiger partial charge is 0.387 e. The number of likely N-dealkylation sites (N-methyl/N-ethyl adjacent to an activating group) is 1. The van der Waals surface area contributed by atoms with Crippen LogP contribution in [0, 0.1) is 5.92 Å². The van der Waals surface area contributed by atoms with Crippen LogP contribution in [0.3, 0.4) is 0 Å². The highest BCUT2D eigenvalue weighted by atomic mass is 16.3. The quantitative estimate of drug-likeness (QED) is 0.682.